The molecular formula is C4H4N2O2. The highest BCUT2D eigenvalue weighted by molar-refractivity contribution is 6.04. The summed E-state index contributed by atoms with van der Waals surface area (Å²) < 4.78 is 0. The molecule has 1 heterocycles. The van der Waals surface area contributed by atoms with Crippen LogP contribution in [0, 0.1) is 5.92 Å². The van der Waals surface area contributed by atoms with Gasteiger partial charge >= 0.3 is 0 Å². The summed E-state index contributed by atoms with van der Waals surface area (Å²) in [5.41, 5.74) is 0. The zero-order chi connectivity index (χ0) is 6.15. The van der Waals surface area contributed by atoms with Crippen molar-refractivity contribution < 1.29 is 9.59 Å². The summed E-state index contributed by atoms with van der Waals surface area (Å²) in [6.45, 7) is 1.49. The number of carbonyl (C=O) groups excluding carboxylic acids is 2. The Hall–Kier alpha value is -1.06. The summed E-state index contributed by atoms with van der Waals surface area (Å²) in [5.74, 6) is -1.50. The summed E-state index contributed by atoms with van der Waals surface area (Å²) >= 11 is 0. The Morgan fingerprint density at radius 1 is 1.25 bits per heavy atom. The molecule has 1 aliphatic heterocycles. The van der Waals surface area contributed by atoms with Crippen molar-refractivity contribution in [1.29, 1.82) is 0 Å². The zero-order valence-corrected chi connectivity index (χ0v) is 4.29. The molecule has 0 radical (unpaired) electrons. The van der Waals surface area contributed by atoms with Crippen molar-refractivity contribution in [2.75, 3.05) is 0 Å². The number of nitrogens with zero attached hydrogens (tertiary/aromatic N) is 2. The van der Waals surface area contributed by atoms with Crippen LogP contribution in [-0.4, -0.2) is 11.8 Å². The molecule has 42 valence electrons. The minimum atomic E-state index is -0.630. The lowest BCUT2D eigenvalue weighted by molar-refractivity contribution is -0.127. The van der Waals surface area contributed by atoms with Gasteiger partial charge in [-0.3, -0.25) is 9.59 Å². The zero-order valence-electron chi connectivity index (χ0n) is 4.29. The Morgan fingerprint density at radius 2 is 1.62 bits per heavy atom. The van der Waals surface area contributed by atoms with Crippen LogP contribution >= 0.6 is 0 Å². The summed E-state index contributed by atoms with van der Waals surface area (Å²) in [6, 6.07) is 0. The Labute approximate surface area is 45.6 Å². The quantitative estimate of drug-likeness (QED) is 0.418. The van der Waals surface area contributed by atoms with E-state index in [2.05, 4.69) is 10.2 Å². The van der Waals surface area contributed by atoms with Crippen molar-refractivity contribution in [3.8, 4) is 0 Å². The molecular weight excluding hydrogens is 108 g/mol. The number of hydrogen-bond donors (Lipinski definition) is 0. The van der Waals surface area contributed by atoms with Gasteiger partial charge < -0.3 is 0 Å². The molecule has 0 aromatic carbocycles. The number of hydrogen-bond acceptors (Lipinski definition) is 2. The predicted molar refractivity (Wildman–Crippen MR) is 24.0 cm³/mol. The molecule has 4 heteroatoms. The van der Waals surface area contributed by atoms with Gasteiger partial charge in [0.05, 0.1) is 0 Å². The lowest BCUT2D eigenvalue weighted by atomic mass is 10.2. The summed E-state index contributed by atoms with van der Waals surface area (Å²) in [5, 5.41) is 6.07. The monoisotopic (exact) mass is 112 g/mol. The number of azo groups is 1. The van der Waals surface area contributed by atoms with Crippen LogP contribution in [0.3, 0.4) is 0 Å². The lowest BCUT2D eigenvalue weighted by Crippen LogP contribution is -2.09. The minimum Gasteiger partial charge on any atom is -0.270 e. The fourth-order valence-electron chi connectivity index (χ4n) is 0.377. The summed E-state index contributed by atoms with van der Waals surface area (Å²) in [4.78, 5) is 20.6. The van der Waals surface area contributed by atoms with Gasteiger partial charge in [-0.05, 0) is 6.92 Å². The van der Waals surface area contributed by atoms with Gasteiger partial charge in [-0.15, -0.1) is 10.2 Å². The highest BCUT2D eigenvalue weighted by Gasteiger charge is 2.26. The maximum Gasteiger partial charge on any atom is 0.277 e. The molecule has 0 spiro atoms. The second kappa shape index (κ2) is 1.47. The van der Waals surface area contributed by atoms with E-state index < -0.39 is 17.7 Å². The number of amides is 2. The van der Waals surface area contributed by atoms with Gasteiger partial charge in [0, 0.05) is 0 Å². The largest absolute Gasteiger partial charge is 0.277 e. The van der Waals surface area contributed by atoms with Crippen LogP contribution < -0.4 is 0 Å². The fraction of sp³-hybridized carbons (Fsp3) is 0.500. The molecule has 2 amide bonds. The molecule has 0 saturated heterocycles. The van der Waals surface area contributed by atoms with Crippen LogP contribution in [0.2, 0.25) is 0 Å². The van der Waals surface area contributed by atoms with Crippen molar-refractivity contribution in [1.82, 2.24) is 0 Å². The standard InChI is InChI=1S/C4H4N2O2/c1-2-3(7)5-6-4(2)8/h2H,1H3. The number of rotatable bonds is 0. The third-order valence-electron chi connectivity index (χ3n) is 0.988. The second-order valence-electron chi connectivity index (χ2n) is 1.60. The van der Waals surface area contributed by atoms with Crippen LogP contribution in [0.4, 0.5) is 0 Å². The molecule has 0 fully saturated rings. The Kier molecular flexibility index (Phi) is 0.932. The van der Waals surface area contributed by atoms with E-state index in [4.69, 9.17) is 0 Å². The second-order valence-corrected chi connectivity index (χ2v) is 1.60. The molecule has 0 unspecified atom stereocenters. The predicted octanol–water partition coefficient (Wildman–Crippen LogP) is 0.142. The van der Waals surface area contributed by atoms with Crippen molar-refractivity contribution in [3.63, 3.8) is 0 Å². The smallest absolute Gasteiger partial charge is 0.270 e. The van der Waals surface area contributed by atoms with E-state index in [9.17, 15) is 9.59 Å². The third kappa shape index (κ3) is 0.538. The van der Waals surface area contributed by atoms with E-state index in [0.717, 1.165) is 0 Å². The molecule has 0 atom stereocenters. The van der Waals surface area contributed by atoms with Gasteiger partial charge in [0.15, 0.2) is 0 Å². The molecule has 1 rings (SSSR count). The molecule has 0 aromatic rings. The van der Waals surface area contributed by atoms with E-state index in [1.807, 2.05) is 0 Å². The minimum absolute atomic E-state index is 0.435. The van der Waals surface area contributed by atoms with E-state index in [1.165, 1.54) is 6.92 Å². The maximum absolute atomic E-state index is 10.3. The van der Waals surface area contributed by atoms with Gasteiger partial charge in [-0.1, -0.05) is 0 Å². The van der Waals surface area contributed by atoms with Crippen LogP contribution in [0.1, 0.15) is 6.92 Å². The summed E-state index contributed by atoms with van der Waals surface area (Å²) in [6.07, 6.45) is 0. The molecule has 8 heavy (non-hydrogen) atoms. The van der Waals surface area contributed by atoms with E-state index in [0.29, 0.717) is 0 Å². The molecule has 1 aliphatic rings. The average molecular weight is 112 g/mol. The Bertz CT molecular complexity index is 155. The van der Waals surface area contributed by atoms with Gasteiger partial charge in [0.1, 0.15) is 5.92 Å². The first-order valence-electron chi connectivity index (χ1n) is 2.21. The molecule has 0 aromatic heterocycles. The Morgan fingerprint density at radius 3 is 1.75 bits per heavy atom. The molecule has 0 bridgehead atoms. The van der Waals surface area contributed by atoms with E-state index in [1.54, 1.807) is 0 Å². The lowest BCUT2D eigenvalue weighted by Gasteiger charge is -1.85. The van der Waals surface area contributed by atoms with E-state index >= 15 is 0 Å². The van der Waals surface area contributed by atoms with E-state index in [-0.39, 0.29) is 0 Å². The first kappa shape index (κ1) is 5.08. The molecule has 0 N–H and O–H groups in total. The van der Waals surface area contributed by atoms with Crippen LogP contribution in [0.25, 0.3) is 0 Å². The fourth-order valence-corrected chi connectivity index (χ4v) is 0.377. The van der Waals surface area contributed by atoms with Crippen LogP contribution in [-0.2, 0) is 9.59 Å². The third-order valence-corrected chi connectivity index (χ3v) is 0.988. The first-order chi connectivity index (χ1) is 3.72. The molecule has 0 aliphatic carbocycles. The van der Waals surface area contributed by atoms with Crippen molar-refractivity contribution in [3.05, 3.63) is 0 Å². The first-order valence-corrected chi connectivity index (χ1v) is 2.21. The van der Waals surface area contributed by atoms with Crippen molar-refractivity contribution in [2.45, 2.75) is 6.92 Å². The topological polar surface area (TPSA) is 58.9 Å². The van der Waals surface area contributed by atoms with Crippen molar-refractivity contribution >= 4 is 11.8 Å². The normalized spacial score (nSPS) is 20.6. The highest BCUT2D eigenvalue weighted by Crippen LogP contribution is 2.08. The highest BCUT2D eigenvalue weighted by atomic mass is 16.2. The molecule has 0 saturated carbocycles. The van der Waals surface area contributed by atoms with Gasteiger partial charge in [-0.25, -0.2) is 0 Å². The van der Waals surface area contributed by atoms with Gasteiger partial charge in [-0.2, -0.15) is 0 Å². The summed E-state index contributed by atoms with van der Waals surface area (Å²) in [7, 11) is 0. The van der Waals surface area contributed by atoms with Crippen LogP contribution in [0.5, 0.6) is 0 Å². The SMILES string of the molecule is CC1C(=O)N=NC1=O. The van der Waals surface area contributed by atoms with Crippen LogP contribution in [0.15, 0.2) is 10.2 Å². The Balaban J connectivity index is 2.84. The maximum atomic E-state index is 10.3. The average Bonchev–Trinajstić information content (AvgIpc) is 1.98. The van der Waals surface area contributed by atoms with Gasteiger partial charge in [0.25, 0.3) is 11.8 Å². The molecule has 4 nitrogen and oxygen atoms in total. The number of carbonyl (C=O) groups is 2. The van der Waals surface area contributed by atoms with Crippen molar-refractivity contribution in [2.24, 2.45) is 16.1 Å². The van der Waals surface area contributed by atoms with Gasteiger partial charge in [0.2, 0.25) is 0 Å².